The Kier molecular flexibility index (Phi) is 4.97. The van der Waals surface area contributed by atoms with Crippen molar-refractivity contribution in [2.75, 3.05) is 0 Å². The van der Waals surface area contributed by atoms with Crippen molar-refractivity contribution in [2.45, 2.75) is 6.54 Å². The molecule has 0 aliphatic rings. The maximum atomic E-state index is 12.8. The Morgan fingerprint density at radius 3 is 2.44 bits per heavy atom. The second-order valence-electron chi connectivity index (χ2n) is 6.05. The van der Waals surface area contributed by atoms with Crippen molar-refractivity contribution in [3.63, 3.8) is 0 Å². The van der Waals surface area contributed by atoms with Gasteiger partial charge in [0.05, 0.1) is 0 Å². The van der Waals surface area contributed by atoms with Crippen molar-refractivity contribution < 1.29 is 4.79 Å². The van der Waals surface area contributed by atoms with Crippen LogP contribution in [-0.4, -0.2) is 29.2 Å². The first-order chi connectivity index (χ1) is 13.2. The molecule has 0 bridgehead atoms. The summed E-state index contributed by atoms with van der Waals surface area (Å²) in [4.78, 5) is 30.0. The summed E-state index contributed by atoms with van der Waals surface area (Å²) in [5.41, 5.74) is 2.08. The molecule has 0 amide bonds. The van der Waals surface area contributed by atoms with Crippen molar-refractivity contribution in [1.82, 2.24) is 9.55 Å². The van der Waals surface area contributed by atoms with Crippen LogP contribution in [0.1, 0.15) is 15.9 Å². The quantitative estimate of drug-likeness (QED) is 0.468. The number of carbonyl (C=O) groups is 1. The van der Waals surface area contributed by atoms with E-state index in [0.717, 1.165) is 10.0 Å². The molecule has 0 spiro atoms. The number of hydrogen-bond donors (Lipinski definition) is 0. The number of hydrogen-bond acceptors (Lipinski definition) is 3. The fourth-order valence-electron chi connectivity index (χ4n) is 2.91. The van der Waals surface area contributed by atoms with Crippen molar-refractivity contribution in [1.29, 1.82) is 0 Å². The molecule has 27 heavy (non-hydrogen) atoms. The van der Waals surface area contributed by atoms with Crippen LogP contribution in [0.4, 0.5) is 0 Å². The van der Waals surface area contributed by atoms with Gasteiger partial charge in [-0.15, -0.1) is 0 Å². The Labute approximate surface area is 162 Å². The Morgan fingerprint density at radius 1 is 0.889 bits per heavy atom. The molecular weight excluding hydrogens is 403 g/mol. The molecule has 0 saturated heterocycles. The average molecular weight is 419 g/mol. The zero-order valence-electron chi connectivity index (χ0n) is 14.4. The molecule has 0 saturated carbocycles. The molecule has 1 heterocycles. The van der Waals surface area contributed by atoms with Gasteiger partial charge in [-0.25, -0.2) is 0 Å². The van der Waals surface area contributed by atoms with Crippen LogP contribution in [0.5, 0.6) is 0 Å². The van der Waals surface area contributed by atoms with Crippen molar-refractivity contribution in [2.24, 2.45) is 0 Å². The third-order valence-electron chi connectivity index (χ3n) is 4.26. The van der Waals surface area contributed by atoms with Gasteiger partial charge in [0.25, 0.3) is 0 Å². The van der Waals surface area contributed by atoms with Gasteiger partial charge in [0.2, 0.25) is 0 Å². The number of benzene rings is 3. The van der Waals surface area contributed by atoms with Crippen LogP contribution < -0.4 is 10.0 Å². The van der Waals surface area contributed by atoms with Crippen molar-refractivity contribution in [3.8, 4) is 0 Å². The molecule has 0 atom stereocenters. The molecule has 0 unspecified atom stereocenters. The molecule has 0 radical (unpaired) electrons. The van der Waals surface area contributed by atoms with Crippen LogP contribution in [0, 0.1) is 0 Å². The summed E-state index contributed by atoms with van der Waals surface area (Å²) < 4.78 is 2.70. The SMILES string of the molecule is O=C([Se]c1ccccc1)c1ccccc1Cn1cnc2ccccc2c1=O. The first-order valence-corrected chi connectivity index (χ1v) is 10.2. The fraction of sp³-hybridized carbons (Fsp3) is 0.0455. The van der Waals surface area contributed by atoms with E-state index in [1.54, 1.807) is 17.0 Å². The number of para-hydroxylation sites is 1. The van der Waals surface area contributed by atoms with Crippen LogP contribution in [-0.2, 0) is 6.54 Å². The summed E-state index contributed by atoms with van der Waals surface area (Å²) >= 11 is -0.302. The second-order valence-corrected chi connectivity index (χ2v) is 8.25. The van der Waals surface area contributed by atoms with E-state index in [4.69, 9.17) is 0 Å². The van der Waals surface area contributed by atoms with Crippen LogP contribution in [0.3, 0.4) is 0 Å². The van der Waals surface area contributed by atoms with E-state index in [2.05, 4.69) is 4.98 Å². The van der Waals surface area contributed by atoms with Gasteiger partial charge in [-0.3, -0.25) is 0 Å². The van der Waals surface area contributed by atoms with E-state index in [1.165, 1.54) is 0 Å². The molecule has 1 aromatic heterocycles. The number of rotatable bonds is 5. The number of fused-ring (bicyclic) bond motifs is 1. The van der Waals surface area contributed by atoms with Crippen LogP contribution in [0.25, 0.3) is 10.9 Å². The van der Waals surface area contributed by atoms with Crippen molar-refractivity contribution in [3.05, 3.63) is 107 Å². The molecule has 0 aliphatic heterocycles. The van der Waals surface area contributed by atoms with Gasteiger partial charge in [0, 0.05) is 0 Å². The van der Waals surface area contributed by atoms with Gasteiger partial charge in [0.1, 0.15) is 0 Å². The molecule has 0 aliphatic carbocycles. The van der Waals surface area contributed by atoms with Crippen LogP contribution >= 0.6 is 0 Å². The molecule has 4 rings (SSSR count). The normalized spacial score (nSPS) is 10.8. The zero-order chi connectivity index (χ0) is 18.6. The first kappa shape index (κ1) is 17.4. The molecular formula is C22H16N2O2Se. The van der Waals surface area contributed by atoms with E-state index in [1.807, 2.05) is 72.8 Å². The van der Waals surface area contributed by atoms with Crippen LogP contribution in [0.2, 0.25) is 0 Å². The summed E-state index contributed by atoms with van der Waals surface area (Å²) in [5, 5.41) is 0.581. The minimum absolute atomic E-state index is 0.101. The van der Waals surface area contributed by atoms with Gasteiger partial charge >= 0.3 is 163 Å². The Bertz CT molecular complexity index is 1170. The first-order valence-electron chi connectivity index (χ1n) is 8.52. The standard InChI is InChI=1S/C22H16N2O2Se/c25-21-19-12-6-7-13-20(19)23-15-24(21)14-16-8-4-5-11-18(16)22(26)27-17-9-2-1-3-10-17/h1-13,15H,14H2. The summed E-state index contributed by atoms with van der Waals surface area (Å²) in [6.45, 7) is 0.323. The summed E-state index contributed by atoms with van der Waals surface area (Å²) in [6, 6.07) is 24.5. The summed E-state index contributed by atoms with van der Waals surface area (Å²) in [7, 11) is 0. The van der Waals surface area contributed by atoms with E-state index in [0.29, 0.717) is 23.0 Å². The average Bonchev–Trinajstić information content (AvgIpc) is 2.71. The number of aromatic nitrogens is 2. The predicted molar refractivity (Wildman–Crippen MR) is 108 cm³/mol. The topological polar surface area (TPSA) is 52.0 Å². The van der Waals surface area contributed by atoms with E-state index in [-0.39, 0.29) is 25.2 Å². The van der Waals surface area contributed by atoms with Crippen LogP contribution in [0.15, 0.2) is 90.0 Å². The summed E-state index contributed by atoms with van der Waals surface area (Å²) in [5.74, 6) is 0. The minimum atomic E-state index is -0.302. The third kappa shape index (κ3) is 3.75. The van der Waals surface area contributed by atoms with Gasteiger partial charge in [-0.05, 0) is 0 Å². The molecule has 0 N–H and O–H groups in total. The summed E-state index contributed by atoms with van der Waals surface area (Å²) in [6.07, 6.45) is 1.55. The molecule has 4 nitrogen and oxygen atoms in total. The zero-order valence-corrected chi connectivity index (χ0v) is 16.1. The van der Waals surface area contributed by atoms with Gasteiger partial charge < -0.3 is 0 Å². The van der Waals surface area contributed by atoms with E-state index >= 15 is 0 Å². The third-order valence-corrected chi connectivity index (χ3v) is 6.18. The van der Waals surface area contributed by atoms with Gasteiger partial charge in [-0.1, -0.05) is 0 Å². The maximum absolute atomic E-state index is 12.8. The molecule has 132 valence electrons. The monoisotopic (exact) mass is 420 g/mol. The van der Waals surface area contributed by atoms with Gasteiger partial charge in [-0.2, -0.15) is 0 Å². The van der Waals surface area contributed by atoms with E-state index in [9.17, 15) is 9.59 Å². The van der Waals surface area contributed by atoms with Gasteiger partial charge in [0.15, 0.2) is 0 Å². The fourth-order valence-corrected chi connectivity index (χ4v) is 4.62. The predicted octanol–water partition coefficient (Wildman–Crippen LogP) is 2.61. The Morgan fingerprint density at radius 2 is 1.59 bits per heavy atom. The number of carbonyl (C=O) groups excluding carboxylic acids is 1. The molecule has 4 aromatic rings. The Hall–Kier alpha value is -3.01. The molecule has 3 aromatic carbocycles. The molecule has 5 heteroatoms. The molecule has 0 fully saturated rings. The van der Waals surface area contributed by atoms with Crippen molar-refractivity contribution >= 4 is 35.0 Å². The Balaban J connectivity index is 1.67. The van der Waals surface area contributed by atoms with E-state index < -0.39 is 0 Å². The second kappa shape index (κ2) is 7.70. The number of nitrogens with zero attached hydrogens (tertiary/aromatic N) is 2.